The third-order valence-electron chi connectivity index (χ3n) is 6.51. The van der Waals surface area contributed by atoms with E-state index in [2.05, 4.69) is 20.8 Å². The van der Waals surface area contributed by atoms with E-state index >= 15 is 0 Å². The molecule has 0 unspecified atom stereocenters. The highest BCUT2D eigenvalue weighted by Crippen LogP contribution is 2.67. The van der Waals surface area contributed by atoms with Crippen LogP contribution in [0.3, 0.4) is 0 Å². The molecule has 5 nitrogen and oxygen atoms in total. The second-order valence-electron chi connectivity index (χ2n) is 7.79. The first-order chi connectivity index (χ1) is 10.7. The molecule has 5 heteroatoms. The Balaban J connectivity index is 1.61. The molecular weight excluding hydrogens is 294 g/mol. The lowest BCUT2D eigenvalue weighted by Crippen LogP contribution is -2.26. The minimum absolute atomic E-state index is 0.0238. The van der Waals surface area contributed by atoms with Gasteiger partial charge in [0.1, 0.15) is 0 Å². The molecule has 0 N–H and O–H groups in total. The molecule has 1 aromatic rings. The quantitative estimate of drug-likeness (QED) is 0.474. The zero-order valence-corrected chi connectivity index (χ0v) is 13.9. The number of nitro benzene ring substituents is 1. The van der Waals surface area contributed by atoms with E-state index in [1.807, 2.05) is 0 Å². The van der Waals surface area contributed by atoms with Crippen LogP contribution >= 0.6 is 0 Å². The van der Waals surface area contributed by atoms with Gasteiger partial charge >= 0.3 is 5.97 Å². The van der Waals surface area contributed by atoms with Crippen LogP contribution in [0.4, 0.5) is 5.69 Å². The molecule has 1 aromatic carbocycles. The van der Waals surface area contributed by atoms with Crippen molar-refractivity contribution in [3.63, 3.8) is 0 Å². The van der Waals surface area contributed by atoms with Crippen LogP contribution in [0.5, 0.6) is 0 Å². The van der Waals surface area contributed by atoms with Crippen LogP contribution in [0.15, 0.2) is 24.3 Å². The predicted molar refractivity (Wildman–Crippen MR) is 86.1 cm³/mol. The minimum Gasteiger partial charge on any atom is -0.462 e. The molecule has 3 rings (SSSR count). The van der Waals surface area contributed by atoms with Crippen molar-refractivity contribution in [3.05, 3.63) is 39.9 Å². The zero-order valence-electron chi connectivity index (χ0n) is 13.9. The highest BCUT2D eigenvalue weighted by Gasteiger charge is 2.60. The molecule has 0 aromatic heterocycles. The van der Waals surface area contributed by atoms with Crippen LogP contribution in [-0.4, -0.2) is 17.5 Å². The second-order valence-corrected chi connectivity index (χ2v) is 7.79. The number of benzene rings is 1. The Bertz CT molecular complexity index is 634. The van der Waals surface area contributed by atoms with E-state index in [-0.39, 0.29) is 5.69 Å². The van der Waals surface area contributed by atoms with E-state index < -0.39 is 10.9 Å². The van der Waals surface area contributed by atoms with Crippen LogP contribution in [-0.2, 0) is 4.74 Å². The first-order valence-corrected chi connectivity index (χ1v) is 8.16. The average Bonchev–Trinajstić information content (AvgIpc) is 2.85. The van der Waals surface area contributed by atoms with Crippen molar-refractivity contribution in [3.8, 4) is 0 Å². The highest BCUT2D eigenvalue weighted by atomic mass is 16.6. The van der Waals surface area contributed by atoms with Crippen molar-refractivity contribution in [1.29, 1.82) is 0 Å². The van der Waals surface area contributed by atoms with Gasteiger partial charge in [0.2, 0.25) is 0 Å². The summed E-state index contributed by atoms with van der Waals surface area (Å²) < 4.78 is 5.49. The number of hydrogen-bond acceptors (Lipinski definition) is 4. The molecule has 2 aliphatic carbocycles. The number of non-ortho nitro benzene ring substituents is 1. The Kier molecular flexibility index (Phi) is 3.69. The van der Waals surface area contributed by atoms with Crippen molar-refractivity contribution in [2.45, 2.75) is 40.0 Å². The van der Waals surface area contributed by atoms with Crippen LogP contribution in [0, 0.1) is 32.8 Å². The minimum atomic E-state index is -0.479. The molecule has 2 bridgehead atoms. The molecule has 2 fully saturated rings. The number of nitro groups is 1. The third-order valence-corrected chi connectivity index (χ3v) is 6.51. The maximum absolute atomic E-state index is 12.1. The standard InChI is InChI=1S/C18H23NO4/c1-17(2)15-8-9-18(17,3)10-13(15)11-23-16(20)12-4-6-14(7-5-12)19(21)22/h4-7,13,15H,8-11H2,1-3H3/t13-,15+,18-/m1/s1. The first kappa shape index (κ1) is 16.0. The first-order valence-electron chi connectivity index (χ1n) is 8.16. The van der Waals surface area contributed by atoms with Crippen LogP contribution in [0.25, 0.3) is 0 Å². The van der Waals surface area contributed by atoms with Gasteiger partial charge in [0, 0.05) is 12.1 Å². The monoisotopic (exact) mass is 317 g/mol. The number of fused-ring (bicyclic) bond motifs is 2. The van der Waals surface area contributed by atoms with Gasteiger partial charge in [-0.1, -0.05) is 20.8 Å². The maximum Gasteiger partial charge on any atom is 0.338 e. The molecule has 124 valence electrons. The Labute approximate surface area is 136 Å². The van der Waals surface area contributed by atoms with Gasteiger partial charge in [-0.2, -0.15) is 0 Å². The fourth-order valence-corrected chi connectivity index (χ4v) is 4.68. The summed E-state index contributed by atoms with van der Waals surface area (Å²) in [5.74, 6) is 0.633. The fraction of sp³-hybridized carbons (Fsp3) is 0.611. The third kappa shape index (κ3) is 2.52. The van der Waals surface area contributed by atoms with Gasteiger partial charge in [-0.15, -0.1) is 0 Å². The summed E-state index contributed by atoms with van der Waals surface area (Å²) in [7, 11) is 0. The molecule has 0 spiro atoms. The van der Waals surface area contributed by atoms with Gasteiger partial charge in [-0.25, -0.2) is 4.79 Å². The summed E-state index contributed by atoms with van der Waals surface area (Å²) in [5.41, 5.74) is 0.994. The topological polar surface area (TPSA) is 69.4 Å². The Morgan fingerprint density at radius 2 is 1.96 bits per heavy atom. The van der Waals surface area contributed by atoms with Gasteiger partial charge in [-0.05, 0) is 54.1 Å². The zero-order chi connectivity index (χ0) is 16.8. The number of ether oxygens (including phenoxy) is 1. The van der Waals surface area contributed by atoms with Crippen molar-refractivity contribution in [2.24, 2.45) is 22.7 Å². The van der Waals surface area contributed by atoms with Crippen LogP contribution in [0.1, 0.15) is 50.4 Å². The molecule has 0 heterocycles. The highest BCUT2D eigenvalue weighted by molar-refractivity contribution is 5.89. The lowest BCUT2D eigenvalue weighted by Gasteiger charge is -2.34. The number of rotatable bonds is 4. The SMILES string of the molecule is CC1(C)[C@H]2CC[C@]1(C)C[C@@H]2COC(=O)c1ccc([N+](=O)[O-])cc1. The van der Waals surface area contributed by atoms with Crippen molar-refractivity contribution in [1.82, 2.24) is 0 Å². The second kappa shape index (κ2) is 5.32. The van der Waals surface area contributed by atoms with E-state index in [0.29, 0.717) is 34.8 Å². The summed E-state index contributed by atoms with van der Waals surface area (Å²) in [6.45, 7) is 7.47. The maximum atomic E-state index is 12.1. The lowest BCUT2D eigenvalue weighted by atomic mass is 9.71. The van der Waals surface area contributed by atoms with E-state index in [1.54, 1.807) is 0 Å². The van der Waals surface area contributed by atoms with Crippen molar-refractivity contribution >= 4 is 11.7 Å². The summed E-state index contributed by atoms with van der Waals surface area (Å²) >= 11 is 0. The Hall–Kier alpha value is -1.91. The average molecular weight is 317 g/mol. The Morgan fingerprint density at radius 1 is 1.30 bits per heavy atom. The molecule has 0 amide bonds. The normalized spacial score (nSPS) is 31.1. The number of esters is 1. The number of carbonyl (C=O) groups is 1. The summed E-state index contributed by atoms with van der Waals surface area (Å²) in [6.07, 6.45) is 3.58. The molecular formula is C18H23NO4. The number of nitrogens with zero attached hydrogens (tertiary/aromatic N) is 1. The van der Waals surface area contributed by atoms with Crippen molar-refractivity contribution in [2.75, 3.05) is 6.61 Å². The fourth-order valence-electron chi connectivity index (χ4n) is 4.68. The summed E-state index contributed by atoms with van der Waals surface area (Å²) in [6, 6.07) is 5.57. The smallest absolute Gasteiger partial charge is 0.338 e. The van der Waals surface area contributed by atoms with E-state index in [4.69, 9.17) is 4.74 Å². The van der Waals surface area contributed by atoms with Gasteiger partial charge < -0.3 is 4.74 Å². The van der Waals surface area contributed by atoms with Crippen LogP contribution in [0.2, 0.25) is 0 Å². The van der Waals surface area contributed by atoms with Gasteiger partial charge in [0.15, 0.2) is 0 Å². The van der Waals surface area contributed by atoms with E-state index in [9.17, 15) is 14.9 Å². The van der Waals surface area contributed by atoms with Crippen LogP contribution < -0.4 is 0 Å². The molecule has 2 saturated carbocycles. The summed E-state index contributed by atoms with van der Waals surface area (Å²) in [4.78, 5) is 22.3. The molecule has 23 heavy (non-hydrogen) atoms. The number of carbonyl (C=O) groups excluding carboxylic acids is 1. The molecule has 0 aliphatic heterocycles. The van der Waals surface area contributed by atoms with Gasteiger partial charge in [-0.3, -0.25) is 10.1 Å². The van der Waals surface area contributed by atoms with Crippen molar-refractivity contribution < 1.29 is 14.5 Å². The molecule has 2 aliphatic rings. The Morgan fingerprint density at radius 3 is 2.43 bits per heavy atom. The molecule has 3 atom stereocenters. The largest absolute Gasteiger partial charge is 0.462 e. The number of hydrogen-bond donors (Lipinski definition) is 0. The summed E-state index contributed by atoms with van der Waals surface area (Å²) in [5, 5.41) is 10.6. The lowest BCUT2D eigenvalue weighted by molar-refractivity contribution is -0.384. The van der Waals surface area contributed by atoms with E-state index in [0.717, 1.165) is 6.42 Å². The van der Waals surface area contributed by atoms with E-state index in [1.165, 1.54) is 37.1 Å². The molecule has 0 saturated heterocycles. The molecule has 0 radical (unpaired) electrons. The predicted octanol–water partition coefficient (Wildman–Crippen LogP) is 4.21. The van der Waals surface area contributed by atoms with Gasteiger partial charge in [0.05, 0.1) is 17.1 Å². The van der Waals surface area contributed by atoms with Gasteiger partial charge in [0.25, 0.3) is 5.69 Å².